The molecule has 1 N–H and O–H groups in total. The van der Waals surface area contributed by atoms with Crippen LogP contribution in [0.4, 0.5) is 13.2 Å². The summed E-state index contributed by atoms with van der Waals surface area (Å²) >= 11 is 0.990. The Labute approximate surface area is 187 Å². The van der Waals surface area contributed by atoms with E-state index in [0.717, 1.165) is 23.9 Å². The molecule has 0 saturated carbocycles. The minimum Gasteiger partial charge on any atom is -0.494 e. The number of amidine groups is 1. The van der Waals surface area contributed by atoms with Gasteiger partial charge in [0.05, 0.1) is 29.9 Å². The molecule has 1 aliphatic heterocycles. The van der Waals surface area contributed by atoms with Gasteiger partial charge in [-0.05, 0) is 61.5 Å². The van der Waals surface area contributed by atoms with Gasteiger partial charge in [-0.15, -0.1) is 5.10 Å². The summed E-state index contributed by atoms with van der Waals surface area (Å²) in [6, 6.07) is 10.0. The summed E-state index contributed by atoms with van der Waals surface area (Å²) < 4.78 is 49.7. The number of ether oxygens (including phenoxy) is 2. The molecule has 1 amide bonds. The van der Waals surface area contributed by atoms with Crippen LogP contribution < -0.4 is 14.8 Å². The van der Waals surface area contributed by atoms with Crippen LogP contribution in [0, 0.1) is 0 Å². The largest absolute Gasteiger partial charge is 0.494 e. The number of benzene rings is 2. The van der Waals surface area contributed by atoms with Gasteiger partial charge in [0, 0.05) is 11.6 Å². The molecule has 2 aromatic carbocycles. The number of hydrogen-bond acceptors (Lipinski definition) is 6. The number of nitrogens with zero attached hydrogens (tertiary/aromatic N) is 2. The highest BCUT2D eigenvalue weighted by Gasteiger charge is 2.30. The lowest BCUT2D eigenvalue weighted by atomic mass is 10.1. The first-order valence-corrected chi connectivity index (χ1v) is 10.5. The molecule has 6 nitrogen and oxygen atoms in total. The smallest absolute Gasteiger partial charge is 0.416 e. The fraction of sp³-hybridized carbons (Fsp3) is 0.227. The number of amides is 1. The van der Waals surface area contributed by atoms with Crippen LogP contribution in [0.3, 0.4) is 0 Å². The molecule has 0 spiro atoms. The fourth-order valence-corrected chi connectivity index (χ4v) is 3.51. The van der Waals surface area contributed by atoms with Gasteiger partial charge >= 0.3 is 6.18 Å². The van der Waals surface area contributed by atoms with E-state index in [9.17, 15) is 18.0 Å². The van der Waals surface area contributed by atoms with E-state index in [1.54, 1.807) is 18.2 Å². The molecule has 0 unspecified atom stereocenters. The molecule has 0 aliphatic carbocycles. The van der Waals surface area contributed by atoms with Gasteiger partial charge in [0.1, 0.15) is 11.5 Å². The standard InChI is InChI=1S/C22H20F3N3O3S/c1-3-30-17-9-8-15(18(12-17)31-4-2)13-26-28-21-27-20(29)19(32-21)11-14-6-5-7-16(10-14)22(23,24)25/h5-13H,3-4H2,1-2H3,(H,27,28,29). The van der Waals surface area contributed by atoms with E-state index in [-0.39, 0.29) is 15.6 Å². The highest BCUT2D eigenvalue weighted by atomic mass is 32.2. The normalized spacial score (nSPS) is 16.7. The number of hydrogen-bond donors (Lipinski definition) is 1. The lowest BCUT2D eigenvalue weighted by Gasteiger charge is -2.09. The van der Waals surface area contributed by atoms with Crippen LogP contribution in [0.5, 0.6) is 11.5 Å². The van der Waals surface area contributed by atoms with Crippen molar-refractivity contribution in [2.75, 3.05) is 13.2 Å². The molecular weight excluding hydrogens is 443 g/mol. The van der Waals surface area contributed by atoms with Gasteiger partial charge in [0.15, 0.2) is 5.17 Å². The lowest BCUT2D eigenvalue weighted by Crippen LogP contribution is -2.19. The van der Waals surface area contributed by atoms with Crippen LogP contribution in [0.2, 0.25) is 0 Å². The van der Waals surface area contributed by atoms with Gasteiger partial charge in [0.25, 0.3) is 5.91 Å². The Morgan fingerprint density at radius 3 is 2.59 bits per heavy atom. The van der Waals surface area contributed by atoms with Crippen LogP contribution in [-0.4, -0.2) is 30.5 Å². The molecule has 0 aromatic heterocycles. The summed E-state index contributed by atoms with van der Waals surface area (Å²) in [6.45, 7) is 4.73. The van der Waals surface area contributed by atoms with Crippen molar-refractivity contribution in [3.63, 3.8) is 0 Å². The molecular formula is C22H20F3N3O3S. The molecule has 168 valence electrons. The van der Waals surface area contributed by atoms with Crippen molar-refractivity contribution in [3.8, 4) is 11.5 Å². The van der Waals surface area contributed by atoms with Gasteiger partial charge in [-0.25, -0.2) is 0 Å². The third-order valence-electron chi connectivity index (χ3n) is 4.10. The number of thioether (sulfide) groups is 1. The average Bonchev–Trinajstić information content (AvgIpc) is 3.08. The topological polar surface area (TPSA) is 72.3 Å². The zero-order chi connectivity index (χ0) is 23.1. The maximum Gasteiger partial charge on any atom is 0.416 e. The second-order valence-electron chi connectivity index (χ2n) is 6.40. The Hall–Kier alpha value is -3.27. The van der Waals surface area contributed by atoms with Gasteiger partial charge in [0.2, 0.25) is 0 Å². The predicted octanol–water partition coefficient (Wildman–Crippen LogP) is 5.10. The summed E-state index contributed by atoms with van der Waals surface area (Å²) in [7, 11) is 0. The van der Waals surface area contributed by atoms with Gasteiger partial charge < -0.3 is 9.47 Å². The van der Waals surface area contributed by atoms with Crippen LogP contribution in [0.1, 0.15) is 30.5 Å². The van der Waals surface area contributed by atoms with E-state index < -0.39 is 17.6 Å². The van der Waals surface area contributed by atoms with Crippen LogP contribution >= 0.6 is 11.8 Å². The third-order valence-corrected chi connectivity index (χ3v) is 5.00. The Kier molecular flexibility index (Phi) is 7.57. The number of nitrogens with one attached hydrogen (secondary N) is 1. The second kappa shape index (κ2) is 10.4. The summed E-state index contributed by atoms with van der Waals surface area (Å²) in [4.78, 5) is 12.4. The van der Waals surface area contributed by atoms with Crippen molar-refractivity contribution in [1.82, 2.24) is 5.32 Å². The zero-order valence-electron chi connectivity index (χ0n) is 17.3. The van der Waals surface area contributed by atoms with E-state index >= 15 is 0 Å². The number of carbonyl (C=O) groups is 1. The Bertz CT molecular complexity index is 1080. The molecule has 1 aliphatic rings. The molecule has 2 aromatic rings. The molecule has 0 bridgehead atoms. The SMILES string of the molecule is CCOc1ccc(C=N/N=C2\NC(=O)C(=Cc3cccc(C(F)(F)F)c3)S2)c(OCC)c1. The maximum absolute atomic E-state index is 12.9. The molecule has 1 fully saturated rings. The van der Waals surface area contributed by atoms with Crippen LogP contribution in [-0.2, 0) is 11.0 Å². The quantitative estimate of drug-likeness (QED) is 0.352. The molecule has 10 heteroatoms. The number of rotatable bonds is 7. The minimum atomic E-state index is -4.46. The maximum atomic E-state index is 12.9. The number of alkyl halides is 3. The number of halogens is 3. The zero-order valence-corrected chi connectivity index (χ0v) is 18.1. The highest BCUT2D eigenvalue weighted by Crippen LogP contribution is 2.31. The van der Waals surface area contributed by atoms with E-state index in [2.05, 4.69) is 15.5 Å². The first-order chi connectivity index (χ1) is 15.3. The minimum absolute atomic E-state index is 0.216. The van der Waals surface area contributed by atoms with E-state index in [4.69, 9.17) is 9.47 Å². The fourth-order valence-electron chi connectivity index (χ4n) is 2.73. The average molecular weight is 463 g/mol. The molecule has 1 heterocycles. The third kappa shape index (κ3) is 6.13. The second-order valence-corrected chi connectivity index (χ2v) is 7.43. The molecule has 32 heavy (non-hydrogen) atoms. The highest BCUT2D eigenvalue weighted by molar-refractivity contribution is 8.18. The van der Waals surface area contributed by atoms with Gasteiger partial charge in [-0.2, -0.15) is 18.3 Å². The van der Waals surface area contributed by atoms with E-state index in [0.29, 0.717) is 30.3 Å². The number of carbonyl (C=O) groups excluding carboxylic acids is 1. The molecule has 0 atom stereocenters. The molecule has 1 saturated heterocycles. The Morgan fingerprint density at radius 2 is 1.88 bits per heavy atom. The molecule has 0 radical (unpaired) electrons. The summed E-state index contributed by atoms with van der Waals surface area (Å²) in [6.07, 6.45) is -1.60. The monoisotopic (exact) mass is 463 g/mol. The summed E-state index contributed by atoms with van der Waals surface area (Å²) in [5.41, 5.74) is 0.154. The van der Waals surface area contributed by atoms with Crippen molar-refractivity contribution >= 4 is 35.1 Å². The van der Waals surface area contributed by atoms with Crippen LogP contribution in [0.15, 0.2) is 57.6 Å². The van der Waals surface area contributed by atoms with Crippen molar-refractivity contribution in [1.29, 1.82) is 0 Å². The first kappa shape index (κ1) is 23.4. The van der Waals surface area contributed by atoms with Crippen molar-refractivity contribution in [2.45, 2.75) is 20.0 Å². The summed E-state index contributed by atoms with van der Waals surface area (Å²) in [5.74, 6) is 0.787. The molecule has 3 rings (SSSR count). The summed E-state index contributed by atoms with van der Waals surface area (Å²) in [5, 5.41) is 10.7. The van der Waals surface area contributed by atoms with Gasteiger partial charge in [-0.3, -0.25) is 10.1 Å². The van der Waals surface area contributed by atoms with Crippen molar-refractivity contribution in [3.05, 3.63) is 64.1 Å². The van der Waals surface area contributed by atoms with Crippen molar-refractivity contribution < 1.29 is 27.4 Å². The Morgan fingerprint density at radius 1 is 1.09 bits per heavy atom. The van der Waals surface area contributed by atoms with Gasteiger partial charge in [-0.1, -0.05) is 12.1 Å². The lowest BCUT2D eigenvalue weighted by molar-refractivity contribution is -0.137. The van der Waals surface area contributed by atoms with E-state index in [1.165, 1.54) is 24.4 Å². The van der Waals surface area contributed by atoms with Crippen LogP contribution in [0.25, 0.3) is 6.08 Å². The predicted molar refractivity (Wildman–Crippen MR) is 119 cm³/mol. The first-order valence-electron chi connectivity index (χ1n) is 9.69. The van der Waals surface area contributed by atoms with E-state index in [1.807, 2.05) is 13.8 Å². The van der Waals surface area contributed by atoms with Crippen molar-refractivity contribution in [2.24, 2.45) is 10.2 Å². The Balaban J connectivity index is 1.75.